The summed E-state index contributed by atoms with van der Waals surface area (Å²) < 4.78 is 0. The number of hydrogen-bond acceptors (Lipinski definition) is 4. The summed E-state index contributed by atoms with van der Waals surface area (Å²) in [6, 6.07) is 7.93. The van der Waals surface area contributed by atoms with Gasteiger partial charge < -0.3 is 0 Å². The van der Waals surface area contributed by atoms with Crippen molar-refractivity contribution in [3.63, 3.8) is 0 Å². The molecule has 0 saturated carbocycles. The van der Waals surface area contributed by atoms with Crippen LogP contribution in [-0.2, 0) is 0 Å². The van der Waals surface area contributed by atoms with E-state index in [-0.39, 0.29) is 5.78 Å². The van der Waals surface area contributed by atoms with Crippen LogP contribution >= 0.6 is 23.5 Å². The molecule has 2 unspecified atom stereocenters. The van der Waals surface area contributed by atoms with E-state index in [2.05, 4.69) is 18.7 Å². The van der Waals surface area contributed by atoms with Gasteiger partial charge in [-0.15, -0.1) is 11.8 Å². The number of thioether (sulfide) groups is 2. The van der Waals surface area contributed by atoms with Gasteiger partial charge in [0.15, 0.2) is 5.78 Å². The van der Waals surface area contributed by atoms with Crippen molar-refractivity contribution >= 4 is 29.3 Å². The third-order valence-corrected chi connectivity index (χ3v) is 5.25. The molecule has 2 nitrogen and oxygen atoms in total. The minimum Gasteiger partial charge on any atom is -0.294 e. The Kier molecular flexibility index (Phi) is 5.37. The Morgan fingerprint density at radius 1 is 1.26 bits per heavy atom. The highest BCUT2D eigenvalue weighted by atomic mass is 32.2. The molecular weight excluding hydrogens is 274 g/mol. The fraction of sp³-hybridized carbons (Fsp3) is 0.533. The van der Waals surface area contributed by atoms with Crippen molar-refractivity contribution in [2.24, 2.45) is 0 Å². The van der Waals surface area contributed by atoms with Crippen LogP contribution in [0.15, 0.2) is 29.2 Å². The van der Waals surface area contributed by atoms with Gasteiger partial charge in [-0.2, -0.15) is 11.8 Å². The third-order valence-electron chi connectivity index (χ3n) is 3.27. The average Bonchev–Trinajstić information content (AvgIpc) is 2.37. The zero-order chi connectivity index (χ0) is 13.8. The molecule has 2 atom stereocenters. The lowest BCUT2D eigenvalue weighted by atomic mass is 10.1. The van der Waals surface area contributed by atoms with Crippen LogP contribution in [0.4, 0.5) is 0 Å². The summed E-state index contributed by atoms with van der Waals surface area (Å²) >= 11 is 3.72. The number of nitrogens with zero attached hydrogens (tertiary/aromatic N) is 1. The standard InChI is InChI=1S/C15H21NOS2/c1-11-8-16(9-12(2)19-11)10-15(17)13-4-6-14(18-3)7-5-13/h4-7,11-12H,8-10H2,1-3H3. The summed E-state index contributed by atoms with van der Waals surface area (Å²) in [5, 5.41) is 1.24. The highest BCUT2D eigenvalue weighted by Crippen LogP contribution is 2.24. The lowest BCUT2D eigenvalue weighted by Crippen LogP contribution is -2.42. The number of benzene rings is 1. The lowest BCUT2D eigenvalue weighted by molar-refractivity contribution is 0.0930. The fourth-order valence-electron chi connectivity index (χ4n) is 2.48. The predicted molar refractivity (Wildman–Crippen MR) is 85.5 cm³/mol. The zero-order valence-corrected chi connectivity index (χ0v) is 13.4. The molecule has 0 bridgehead atoms. The average molecular weight is 295 g/mol. The van der Waals surface area contributed by atoms with Gasteiger partial charge in [-0.05, 0) is 18.4 Å². The minimum atomic E-state index is 0.235. The quantitative estimate of drug-likeness (QED) is 0.626. The second kappa shape index (κ2) is 6.82. The molecule has 0 aromatic heterocycles. The predicted octanol–water partition coefficient (Wildman–Crippen LogP) is 3.42. The first kappa shape index (κ1) is 14.9. The van der Waals surface area contributed by atoms with Crippen molar-refractivity contribution in [1.82, 2.24) is 4.90 Å². The van der Waals surface area contributed by atoms with Crippen molar-refractivity contribution in [3.05, 3.63) is 29.8 Å². The van der Waals surface area contributed by atoms with Crippen LogP contribution in [0.3, 0.4) is 0 Å². The largest absolute Gasteiger partial charge is 0.294 e. The molecule has 4 heteroatoms. The van der Waals surface area contributed by atoms with E-state index in [0.29, 0.717) is 17.0 Å². The van der Waals surface area contributed by atoms with Crippen molar-refractivity contribution in [2.75, 3.05) is 25.9 Å². The molecule has 1 fully saturated rings. The van der Waals surface area contributed by atoms with Crippen molar-refractivity contribution in [2.45, 2.75) is 29.2 Å². The molecule has 2 rings (SSSR count). The maximum atomic E-state index is 12.3. The molecule has 1 aromatic rings. The lowest BCUT2D eigenvalue weighted by Gasteiger charge is -2.34. The second-order valence-electron chi connectivity index (χ2n) is 5.10. The van der Waals surface area contributed by atoms with Crippen LogP contribution in [0.25, 0.3) is 0 Å². The zero-order valence-electron chi connectivity index (χ0n) is 11.8. The van der Waals surface area contributed by atoms with E-state index in [0.717, 1.165) is 18.7 Å². The van der Waals surface area contributed by atoms with E-state index in [1.54, 1.807) is 11.8 Å². The maximum Gasteiger partial charge on any atom is 0.176 e. The van der Waals surface area contributed by atoms with Gasteiger partial charge in [-0.3, -0.25) is 9.69 Å². The first-order valence-electron chi connectivity index (χ1n) is 6.63. The highest BCUT2D eigenvalue weighted by molar-refractivity contribution is 8.00. The van der Waals surface area contributed by atoms with Gasteiger partial charge in [0.25, 0.3) is 0 Å². The number of carbonyl (C=O) groups is 1. The molecule has 1 saturated heterocycles. The molecule has 1 aliphatic heterocycles. The van der Waals surface area contributed by atoms with Gasteiger partial charge in [0.2, 0.25) is 0 Å². The van der Waals surface area contributed by atoms with Crippen LogP contribution in [0.5, 0.6) is 0 Å². The Hall–Kier alpha value is -0.450. The molecule has 19 heavy (non-hydrogen) atoms. The van der Waals surface area contributed by atoms with E-state index in [1.165, 1.54) is 4.90 Å². The van der Waals surface area contributed by atoms with Crippen LogP contribution < -0.4 is 0 Å². The van der Waals surface area contributed by atoms with Gasteiger partial charge in [-0.1, -0.05) is 26.0 Å². The van der Waals surface area contributed by atoms with Crippen LogP contribution in [-0.4, -0.2) is 47.1 Å². The number of hydrogen-bond donors (Lipinski definition) is 0. The number of carbonyl (C=O) groups excluding carboxylic acids is 1. The van der Waals surface area contributed by atoms with Crippen LogP contribution in [0, 0.1) is 0 Å². The maximum absolute atomic E-state index is 12.3. The summed E-state index contributed by atoms with van der Waals surface area (Å²) in [4.78, 5) is 15.8. The molecule has 0 radical (unpaired) electrons. The Morgan fingerprint density at radius 3 is 2.37 bits per heavy atom. The number of rotatable bonds is 4. The summed E-state index contributed by atoms with van der Waals surface area (Å²) in [6.07, 6.45) is 2.05. The van der Waals surface area contributed by atoms with Crippen LogP contribution in [0.1, 0.15) is 24.2 Å². The normalized spacial score (nSPS) is 24.4. The number of ketones is 1. The Bertz CT molecular complexity index is 422. The molecule has 1 heterocycles. The van der Waals surface area contributed by atoms with E-state index < -0.39 is 0 Å². The molecule has 0 aliphatic carbocycles. The first-order chi connectivity index (χ1) is 9.08. The molecular formula is C15H21NOS2. The summed E-state index contributed by atoms with van der Waals surface area (Å²) in [5.74, 6) is 0.235. The summed E-state index contributed by atoms with van der Waals surface area (Å²) in [6.45, 7) is 7.07. The van der Waals surface area contributed by atoms with Gasteiger partial charge >= 0.3 is 0 Å². The van der Waals surface area contributed by atoms with Gasteiger partial charge in [-0.25, -0.2) is 0 Å². The molecule has 1 aromatic carbocycles. The fourth-order valence-corrected chi connectivity index (χ4v) is 4.28. The Balaban J connectivity index is 1.96. The number of Topliss-reactive ketones (excluding diaryl/α,β-unsaturated/α-hetero) is 1. The van der Waals surface area contributed by atoms with Crippen LogP contribution in [0.2, 0.25) is 0 Å². The minimum absolute atomic E-state index is 0.235. The molecule has 0 spiro atoms. The molecule has 1 aliphatic rings. The Labute approximate surface area is 124 Å². The first-order valence-corrected chi connectivity index (χ1v) is 8.80. The van der Waals surface area contributed by atoms with E-state index >= 15 is 0 Å². The molecule has 104 valence electrons. The topological polar surface area (TPSA) is 20.3 Å². The van der Waals surface area contributed by atoms with Gasteiger partial charge in [0.05, 0.1) is 6.54 Å². The van der Waals surface area contributed by atoms with Crippen molar-refractivity contribution in [1.29, 1.82) is 0 Å². The summed E-state index contributed by atoms with van der Waals surface area (Å²) in [5.41, 5.74) is 0.830. The highest BCUT2D eigenvalue weighted by Gasteiger charge is 2.23. The smallest absolute Gasteiger partial charge is 0.176 e. The molecule has 0 N–H and O–H groups in total. The van der Waals surface area contributed by atoms with Gasteiger partial charge in [0.1, 0.15) is 0 Å². The monoisotopic (exact) mass is 295 g/mol. The van der Waals surface area contributed by atoms with Gasteiger partial charge in [0, 0.05) is 34.0 Å². The Morgan fingerprint density at radius 2 is 1.84 bits per heavy atom. The summed E-state index contributed by atoms with van der Waals surface area (Å²) in [7, 11) is 0. The van der Waals surface area contributed by atoms with Crippen molar-refractivity contribution in [3.8, 4) is 0 Å². The third kappa shape index (κ3) is 4.26. The van der Waals surface area contributed by atoms with E-state index in [1.807, 2.05) is 42.3 Å². The second-order valence-corrected chi connectivity index (χ2v) is 7.86. The van der Waals surface area contributed by atoms with Crippen molar-refractivity contribution < 1.29 is 4.79 Å². The van der Waals surface area contributed by atoms with E-state index in [9.17, 15) is 4.79 Å². The SMILES string of the molecule is CSc1ccc(C(=O)CN2CC(C)SC(C)C2)cc1. The van der Waals surface area contributed by atoms with E-state index in [4.69, 9.17) is 0 Å². The molecule has 0 amide bonds.